The number of phosphoric ester groups is 1. The monoisotopic (exact) mass is 858 g/mol. The Morgan fingerprint density at radius 3 is 1.53 bits per heavy atom. The summed E-state index contributed by atoms with van der Waals surface area (Å²) in [5.41, 5.74) is 0. The van der Waals surface area contributed by atoms with Crippen molar-refractivity contribution in [1.82, 2.24) is 5.32 Å². The number of likely N-dealkylation sites (N-methyl/N-ethyl adjacent to an activating group) is 1. The number of unbranched alkanes of at least 4 members (excludes halogenated alkanes) is 14. The molecule has 0 fully saturated rings. The summed E-state index contributed by atoms with van der Waals surface area (Å²) >= 11 is 0. The van der Waals surface area contributed by atoms with Crippen LogP contribution in [0.5, 0.6) is 0 Å². The average Bonchev–Trinajstić information content (AvgIpc) is 3.20. The van der Waals surface area contributed by atoms with Crippen LogP contribution >= 0.6 is 7.82 Å². The maximum atomic E-state index is 12.9. The van der Waals surface area contributed by atoms with E-state index in [9.17, 15) is 19.4 Å². The predicted octanol–water partition coefficient (Wildman–Crippen LogP) is 13.5. The fraction of sp³-hybridized carbons (Fsp3) is 0.667. The molecule has 0 saturated carbocycles. The number of allylic oxidation sites excluding steroid dienone is 15. The van der Waals surface area contributed by atoms with Crippen molar-refractivity contribution in [3.8, 4) is 0 Å². The number of hydrogen-bond acceptors (Lipinski definition) is 5. The molecule has 0 aliphatic rings. The van der Waals surface area contributed by atoms with E-state index in [2.05, 4.69) is 104 Å². The minimum Gasteiger partial charge on any atom is -0.387 e. The van der Waals surface area contributed by atoms with Gasteiger partial charge in [0.1, 0.15) is 13.2 Å². The number of carbonyl (C=O) groups excluding carboxylic acids is 1. The van der Waals surface area contributed by atoms with Gasteiger partial charge in [0.15, 0.2) is 0 Å². The Kier molecular flexibility index (Phi) is 40.0. The van der Waals surface area contributed by atoms with Crippen molar-refractivity contribution in [2.75, 3.05) is 40.9 Å². The molecule has 0 radical (unpaired) electrons. The zero-order valence-electron chi connectivity index (χ0n) is 38.9. The van der Waals surface area contributed by atoms with Gasteiger partial charge in [0.2, 0.25) is 5.91 Å². The molecule has 8 nitrogen and oxygen atoms in total. The van der Waals surface area contributed by atoms with Crippen LogP contribution in [-0.2, 0) is 18.4 Å². The number of nitrogens with one attached hydrogen (secondary N) is 1. The number of nitrogens with zero attached hydrogens (tertiary/aromatic N) is 1. The van der Waals surface area contributed by atoms with E-state index in [0.29, 0.717) is 17.4 Å². The topological polar surface area (TPSA) is 105 Å². The van der Waals surface area contributed by atoms with E-state index in [4.69, 9.17) is 9.05 Å². The lowest BCUT2D eigenvalue weighted by Crippen LogP contribution is -2.45. The zero-order chi connectivity index (χ0) is 44.3. The molecule has 1 amide bonds. The van der Waals surface area contributed by atoms with Gasteiger partial charge in [0.05, 0.1) is 39.9 Å². The first-order valence-corrected chi connectivity index (χ1v) is 25.1. The Morgan fingerprint density at radius 2 is 1.02 bits per heavy atom. The van der Waals surface area contributed by atoms with Crippen molar-refractivity contribution in [2.45, 2.75) is 180 Å². The first-order valence-electron chi connectivity index (χ1n) is 23.6. The molecule has 0 aromatic carbocycles. The van der Waals surface area contributed by atoms with Crippen LogP contribution in [0.3, 0.4) is 0 Å². The van der Waals surface area contributed by atoms with Gasteiger partial charge in [-0.05, 0) is 83.5 Å². The van der Waals surface area contributed by atoms with Gasteiger partial charge in [-0.15, -0.1) is 0 Å². The highest BCUT2D eigenvalue weighted by Gasteiger charge is 2.27. The largest absolute Gasteiger partial charge is 0.472 e. The number of quaternary nitrogens is 1. The van der Waals surface area contributed by atoms with Gasteiger partial charge in [0.25, 0.3) is 0 Å². The molecule has 9 heteroatoms. The molecule has 0 aliphatic heterocycles. The second-order valence-corrected chi connectivity index (χ2v) is 18.2. The van der Waals surface area contributed by atoms with E-state index in [1.807, 2.05) is 27.2 Å². The van der Waals surface area contributed by atoms with E-state index in [0.717, 1.165) is 89.9 Å². The molecule has 0 rings (SSSR count). The molecular weight excluding hydrogens is 768 g/mol. The van der Waals surface area contributed by atoms with Gasteiger partial charge >= 0.3 is 7.82 Å². The Labute approximate surface area is 369 Å². The number of rotatable bonds is 41. The van der Waals surface area contributed by atoms with Crippen LogP contribution in [0.2, 0.25) is 0 Å². The Hall–Kier alpha value is -2.58. The average molecular weight is 858 g/mol. The Morgan fingerprint density at radius 1 is 0.583 bits per heavy atom. The molecular formula is C51H90N2O6P+. The van der Waals surface area contributed by atoms with Gasteiger partial charge in [-0.25, -0.2) is 4.57 Å². The zero-order valence-corrected chi connectivity index (χ0v) is 39.8. The molecule has 0 aromatic rings. The van der Waals surface area contributed by atoms with Crippen LogP contribution in [0.1, 0.15) is 168 Å². The van der Waals surface area contributed by atoms with Crippen LogP contribution in [-0.4, -0.2) is 73.4 Å². The number of phosphoric acid groups is 1. The van der Waals surface area contributed by atoms with Crippen molar-refractivity contribution in [2.24, 2.45) is 0 Å². The molecule has 0 bridgehead atoms. The molecule has 3 N–H and O–H groups in total. The Balaban J connectivity index is 4.30. The fourth-order valence-electron chi connectivity index (χ4n) is 6.06. The van der Waals surface area contributed by atoms with Crippen molar-refractivity contribution >= 4 is 13.7 Å². The minimum atomic E-state index is -4.35. The molecule has 0 spiro atoms. The SMILES string of the molecule is CC/C=C\C/C=C\C/C=C\C/C=C\C/C=C\C/C=C\CCCCCCCCCCC(=O)NC(COP(=O)(O)OCC[N+](C)(C)C)C(O)/C=C/CC/C=C/CCCCCCC. The number of aliphatic hydroxyl groups excluding tert-OH is 1. The van der Waals surface area contributed by atoms with E-state index >= 15 is 0 Å². The van der Waals surface area contributed by atoms with Crippen molar-refractivity contribution in [3.05, 3.63) is 97.2 Å². The minimum absolute atomic E-state index is 0.0489. The number of amides is 1. The summed E-state index contributed by atoms with van der Waals surface area (Å²) in [4.78, 5) is 23.1. The predicted molar refractivity (Wildman–Crippen MR) is 258 cm³/mol. The quantitative estimate of drug-likeness (QED) is 0.0245. The summed E-state index contributed by atoms with van der Waals surface area (Å²) in [6.45, 7) is 4.62. The lowest BCUT2D eigenvalue weighted by molar-refractivity contribution is -0.870. The number of carbonyl (C=O) groups is 1. The summed E-state index contributed by atoms with van der Waals surface area (Å²) in [5.74, 6) is -0.203. The van der Waals surface area contributed by atoms with Crippen LogP contribution in [0.15, 0.2) is 97.2 Å². The van der Waals surface area contributed by atoms with Crippen LogP contribution in [0.4, 0.5) is 0 Å². The third kappa shape index (κ3) is 43.5. The molecule has 0 aliphatic carbocycles. The highest BCUT2D eigenvalue weighted by Crippen LogP contribution is 2.43. The van der Waals surface area contributed by atoms with Gasteiger partial charge < -0.3 is 19.8 Å². The van der Waals surface area contributed by atoms with Gasteiger partial charge in [-0.3, -0.25) is 13.8 Å². The molecule has 0 aromatic heterocycles. The van der Waals surface area contributed by atoms with Crippen LogP contribution < -0.4 is 5.32 Å². The third-order valence-corrected chi connectivity index (χ3v) is 10.8. The van der Waals surface area contributed by atoms with Crippen molar-refractivity contribution in [1.29, 1.82) is 0 Å². The molecule has 0 heterocycles. The normalized spacial score (nSPS) is 15.1. The number of aliphatic hydroxyl groups is 1. The molecule has 344 valence electrons. The molecule has 60 heavy (non-hydrogen) atoms. The van der Waals surface area contributed by atoms with Gasteiger partial charge in [-0.2, -0.15) is 0 Å². The van der Waals surface area contributed by atoms with Gasteiger partial charge in [0, 0.05) is 6.42 Å². The highest BCUT2D eigenvalue weighted by molar-refractivity contribution is 7.47. The lowest BCUT2D eigenvalue weighted by atomic mass is 10.1. The summed E-state index contributed by atoms with van der Waals surface area (Å²) in [7, 11) is 1.53. The second-order valence-electron chi connectivity index (χ2n) is 16.7. The third-order valence-electron chi connectivity index (χ3n) is 9.79. The van der Waals surface area contributed by atoms with Crippen molar-refractivity contribution < 1.29 is 32.9 Å². The van der Waals surface area contributed by atoms with Crippen molar-refractivity contribution in [3.63, 3.8) is 0 Å². The number of hydrogen-bond donors (Lipinski definition) is 3. The highest BCUT2D eigenvalue weighted by atomic mass is 31.2. The van der Waals surface area contributed by atoms with E-state index in [1.165, 1.54) is 57.8 Å². The Bertz CT molecular complexity index is 1290. The fourth-order valence-corrected chi connectivity index (χ4v) is 6.79. The second kappa shape index (κ2) is 41.8. The van der Waals surface area contributed by atoms with Crippen LogP contribution in [0, 0.1) is 0 Å². The summed E-state index contributed by atoms with van der Waals surface area (Å²) in [5, 5.41) is 13.8. The standard InChI is InChI=1S/C51H89N2O6P/c1-6-8-10-12-14-16-18-19-20-21-22-23-24-25-26-27-28-29-30-31-32-33-35-37-39-41-43-45-51(55)52-49(48-59-60(56,57)58-47-46-53(3,4)5)50(54)44-42-40-38-36-34-17-15-13-11-9-7-2/h8,10,14,16,19-20,22-23,25-26,28-29,34,36,42,44,49-50,54H,6-7,9,11-13,15,17-18,21,24,27,30-33,35,37-41,43,45-48H2,1-5H3,(H-,52,55,56,57)/p+1/b10-8-,16-14-,20-19-,23-22-,26-25-,29-28-,36-34+,44-42+. The van der Waals surface area contributed by atoms with E-state index < -0.39 is 20.0 Å². The molecule has 3 atom stereocenters. The van der Waals surface area contributed by atoms with Crippen LogP contribution in [0.25, 0.3) is 0 Å². The molecule has 3 unspecified atom stereocenters. The first-order chi connectivity index (χ1) is 29.0. The maximum Gasteiger partial charge on any atom is 0.472 e. The van der Waals surface area contributed by atoms with E-state index in [-0.39, 0.29) is 19.1 Å². The first kappa shape index (κ1) is 57.4. The summed E-state index contributed by atoms with van der Waals surface area (Å²) in [6, 6.07) is -0.872. The lowest BCUT2D eigenvalue weighted by Gasteiger charge is -2.25. The van der Waals surface area contributed by atoms with Gasteiger partial charge in [-0.1, -0.05) is 175 Å². The summed E-state index contributed by atoms with van der Waals surface area (Å²) < 4.78 is 23.5. The maximum absolute atomic E-state index is 12.9. The smallest absolute Gasteiger partial charge is 0.387 e. The summed E-state index contributed by atoms with van der Waals surface area (Å²) in [6.07, 6.45) is 59.2. The van der Waals surface area contributed by atoms with E-state index in [1.54, 1.807) is 6.08 Å². The molecule has 0 saturated heterocycles.